The second-order valence-electron chi connectivity index (χ2n) is 7.62. The molecule has 27 heavy (non-hydrogen) atoms. The SMILES string of the molecule is O=C1NCC(C(=O)NC(CO)C(=O)NC2CCCCCCCCCCC2)N1. The highest BCUT2D eigenvalue weighted by Crippen LogP contribution is 2.17. The van der Waals surface area contributed by atoms with Gasteiger partial charge >= 0.3 is 6.03 Å². The third-order valence-corrected chi connectivity index (χ3v) is 5.36. The molecule has 2 rings (SSSR count). The van der Waals surface area contributed by atoms with E-state index >= 15 is 0 Å². The summed E-state index contributed by atoms with van der Waals surface area (Å²) in [4.78, 5) is 35.8. The van der Waals surface area contributed by atoms with Gasteiger partial charge in [0.15, 0.2) is 0 Å². The number of amides is 4. The van der Waals surface area contributed by atoms with Crippen LogP contribution in [0.1, 0.15) is 70.6 Å². The molecule has 1 aliphatic heterocycles. The van der Waals surface area contributed by atoms with Crippen molar-refractivity contribution < 1.29 is 19.5 Å². The smallest absolute Gasteiger partial charge is 0.315 e. The van der Waals surface area contributed by atoms with Gasteiger partial charge in [-0.05, 0) is 12.8 Å². The topological polar surface area (TPSA) is 120 Å². The van der Waals surface area contributed by atoms with Gasteiger partial charge in [0.05, 0.1) is 6.61 Å². The van der Waals surface area contributed by atoms with Gasteiger partial charge in [-0.15, -0.1) is 0 Å². The van der Waals surface area contributed by atoms with Crippen LogP contribution in [0.3, 0.4) is 0 Å². The molecule has 2 aliphatic rings. The summed E-state index contributed by atoms with van der Waals surface area (Å²) in [5, 5.41) is 20.0. The Morgan fingerprint density at radius 3 is 2.04 bits per heavy atom. The molecule has 0 spiro atoms. The lowest BCUT2D eigenvalue weighted by Crippen LogP contribution is -2.55. The van der Waals surface area contributed by atoms with Crippen LogP contribution in [0.25, 0.3) is 0 Å². The molecule has 0 aromatic carbocycles. The van der Waals surface area contributed by atoms with Crippen LogP contribution < -0.4 is 21.3 Å². The van der Waals surface area contributed by atoms with Crippen molar-refractivity contribution in [3.8, 4) is 0 Å². The molecule has 0 aromatic rings. The van der Waals surface area contributed by atoms with Gasteiger partial charge in [0.25, 0.3) is 0 Å². The molecule has 0 bridgehead atoms. The van der Waals surface area contributed by atoms with E-state index < -0.39 is 30.6 Å². The monoisotopic (exact) mass is 382 g/mol. The van der Waals surface area contributed by atoms with Crippen molar-refractivity contribution >= 4 is 17.8 Å². The van der Waals surface area contributed by atoms with Gasteiger partial charge in [0.2, 0.25) is 11.8 Å². The lowest BCUT2D eigenvalue weighted by Gasteiger charge is -2.23. The van der Waals surface area contributed by atoms with E-state index in [1.807, 2.05) is 0 Å². The second kappa shape index (κ2) is 11.8. The predicted octanol–water partition coefficient (Wildman–Crippen LogP) is 0.934. The predicted molar refractivity (Wildman–Crippen MR) is 102 cm³/mol. The van der Waals surface area contributed by atoms with E-state index in [9.17, 15) is 19.5 Å². The number of aliphatic hydroxyl groups excluding tert-OH is 1. The summed E-state index contributed by atoms with van der Waals surface area (Å²) < 4.78 is 0. The van der Waals surface area contributed by atoms with E-state index in [-0.39, 0.29) is 18.5 Å². The highest BCUT2D eigenvalue weighted by Gasteiger charge is 2.30. The summed E-state index contributed by atoms with van der Waals surface area (Å²) in [6.07, 6.45) is 12.8. The van der Waals surface area contributed by atoms with E-state index in [2.05, 4.69) is 21.3 Å². The summed E-state index contributed by atoms with van der Waals surface area (Å²) in [7, 11) is 0. The van der Waals surface area contributed by atoms with E-state index in [1.165, 1.54) is 44.9 Å². The molecule has 1 heterocycles. The molecule has 2 atom stereocenters. The minimum absolute atomic E-state index is 0.0794. The summed E-state index contributed by atoms with van der Waals surface area (Å²) in [5.74, 6) is -0.832. The number of carbonyl (C=O) groups excluding carboxylic acids is 3. The van der Waals surface area contributed by atoms with Gasteiger partial charge in [-0.25, -0.2) is 4.79 Å². The second-order valence-corrected chi connectivity index (χ2v) is 7.62. The Labute approximate surface area is 161 Å². The first kappa shape index (κ1) is 21.5. The fourth-order valence-electron chi connectivity index (χ4n) is 3.69. The number of aliphatic hydroxyl groups is 1. The lowest BCUT2D eigenvalue weighted by atomic mass is 9.97. The fourth-order valence-corrected chi connectivity index (χ4v) is 3.69. The van der Waals surface area contributed by atoms with Crippen molar-refractivity contribution in [3.05, 3.63) is 0 Å². The Balaban J connectivity index is 1.82. The molecular formula is C19H34N4O4. The molecule has 4 amide bonds. The summed E-state index contributed by atoms with van der Waals surface area (Å²) in [6.45, 7) is -0.300. The van der Waals surface area contributed by atoms with Crippen LogP contribution >= 0.6 is 0 Å². The summed E-state index contributed by atoms with van der Waals surface area (Å²) in [6, 6.07) is -2.05. The highest BCUT2D eigenvalue weighted by atomic mass is 16.3. The van der Waals surface area contributed by atoms with Crippen LogP contribution in [0.4, 0.5) is 4.79 Å². The zero-order chi connectivity index (χ0) is 19.5. The fraction of sp³-hybridized carbons (Fsp3) is 0.842. The molecule has 8 nitrogen and oxygen atoms in total. The van der Waals surface area contributed by atoms with Crippen LogP contribution in [0.15, 0.2) is 0 Å². The van der Waals surface area contributed by atoms with Crippen molar-refractivity contribution in [3.63, 3.8) is 0 Å². The van der Waals surface area contributed by atoms with E-state index in [0.29, 0.717) is 0 Å². The van der Waals surface area contributed by atoms with Crippen molar-refractivity contribution in [2.75, 3.05) is 13.2 Å². The van der Waals surface area contributed by atoms with E-state index in [1.54, 1.807) is 0 Å². The standard InChI is InChI=1S/C19H34N4O4/c24-13-16(22-17(25)15-12-20-19(27)23-15)18(26)21-14-10-8-6-4-2-1-3-5-7-9-11-14/h14-16,24H,1-13H2,(H,21,26)(H,22,25)(H2,20,23,27). The zero-order valence-corrected chi connectivity index (χ0v) is 16.1. The van der Waals surface area contributed by atoms with Gasteiger partial charge in [0.1, 0.15) is 12.1 Å². The third-order valence-electron chi connectivity index (χ3n) is 5.36. The quantitative estimate of drug-likeness (QED) is 0.486. The molecule has 154 valence electrons. The zero-order valence-electron chi connectivity index (χ0n) is 16.1. The van der Waals surface area contributed by atoms with Crippen LogP contribution in [-0.4, -0.2) is 54.2 Å². The first-order valence-corrected chi connectivity index (χ1v) is 10.4. The Kier molecular flexibility index (Phi) is 9.38. The van der Waals surface area contributed by atoms with Crippen molar-refractivity contribution in [2.24, 2.45) is 0 Å². The Morgan fingerprint density at radius 1 is 1.00 bits per heavy atom. The number of hydrogen-bond donors (Lipinski definition) is 5. The normalized spacial score (nSPS) is 23.9. The van der Waals surface area contributed by atoms with Crippen LogP contribution in [0.2, 0.25) is 0 Å². The van der Waals surface area contributed by atoms with Crippen molar-refractivity contribution in [1.82, 2.24) is 21.3 Å². The maximum atomic E-state index is 12.5. The number of carbonyl (C=O) groups is 3. The molecule has 2 fully saturated rings. The lowest BCUT2D eigenvalue weighted by molar-refractivity contribution is -0.131. The average Bonchev–Trinajstić information content (AvgIpc) is 3.08. The summed E-state index contributed by atoms with van der Waals surface area (Å²) in [5.41, 5.74) is 0. The average molecular weight is 383 g/mol. The maximum absolute atomic E-state index is 12.5. The first-order valence-electron chi connectivity index (χ1n) is 10.4. The molecule has 1 saturated heterocycles. The van der Waals surface area contributed by atoms with Gasteiger partial charge < -0.3 is 26.4 Å². The van der Waals surface area contributed by atoms with Crippen LogP contribution in [-0.2, 0) is 9.59 Å². The van der Waals surface area contributed by atoms with Gasteiger partial charge in [0, 0.05) is 12.6 Å². The molecule has 8 heteroatoms. The van der Waals surface area contributed by atoms with E-state index in [4.69, 9.17) is 0 Å². The third kappa shape index (κ3) is 7.74. The first-order chi connectivity index (χ1) is 13.1. The molecule has 5 N–H and O–H groups in total. The summed E-state index contributed by atoms with van der Waals surface area (Å²) >= 11 is 0. The Bertz CT molecular complexity index is 488. The molecule has 2 unspecified atom stereocenters. The number of hydrogen-bond acceptors (Lipinski definition) is 4. The van der Waals surface area contributed by atoms with Gasteiger partial charge in [-0.3, -0.25) is 9.59 Å². The molecule has 0 aromatic heterocycles. The van der Waals surface area contributed by atoms with Crippen LogP contribution in [0.5, 0.6) is 0 Å². The minimum Gasteiger partial charge on any atom is -0.394 e. The van der Waals surface area contributed by atoms with Crippen LogP contribution in [0, 0.1) is 0 Å². The Hall–Kier alpha value is -1.83. The molecule has 0 radical (unpaired) electrons. The van der Waals surface area contributed by atoms with Gasteiger partial charge in [-0.1, -0.05) is 57.8 Å². The number of urea groups is 1. The minimum atomic E-state index is -1.00. The maximum Gasteiger partial charge on any atom is 0.315 e. The largest absolute Gasteiger partial charge is 0.394 e. The van der Waals surface area contributed by atoms with Gasteiger partial charge in [-0.2, -0.15) is 0 Å². The van der Waals surface area contributed by atoms with Crippen molar-refractivity contribution in [1.29, 1.82) is 0 Å². The number of nitrogens with one attached hydrogen (secondary N) is 4. The van der Waals surface area contributed by atoms with Crippen molar-refractivity contribution in [2.45, 2.75) is 88.8 Å². The number of rotatable bonds is 5. The molecule has 1 saturated carbocycles. The highest BCUT2D eigenvalue weighted by molar-refractivity contribution is 5.93. The molecule has 1 aliphatic carbocycles. The Morgan fingerprint density at radius 2 is 1.56 bits per heavy atom. The van der Waals surface area contributed by atoms with E-state index in [0.717, 1.165) is 25.7 Å². The molecular weight excluding hydrogens is 348 g/mol.